The zero-order valence-electron chi connectivity index (χ0n) is 28.3. The molecule has 0 saturated heterocycles. The van der Waals surface area contributed by atoms with Crippen LogP contribution in [0.25, 0.3) is 0 Å². The van der Waals surface area contributed by atoms with E-state index in [0.717, 1.165) is 0 Å². The maximum atomic E-state index is 2.45. The van der Waals surface area contributed by atoms with Crippen molar-refractivity contribution in [2.75, 3.05) is 27.2 Å². The van der Waals surface area contributed by atoms with Gasteiger partial charge in [0.2, 0.25) is 0 Å². The van der Waals surface area contributed by atoms with Gasteiger partial charge in [0.1, 0.15) is 0 Å². The summed E-state index contributed by atoms with van der Waals surface area (Å²) >= 11 is 0. The van der Waals surface area contributed by atoms with Gasteiger partial charge in [-0.05, 0) is 77.0 Å². The Labute approximate surface area is 261 Å². The van der Waals surface area contributed by atoms with E-state index in [2.05, 4.69) is 52.2 Å². The summed E-state index contributed by atoms with van der Waals surface area (Å²) in [6, 6.07) is 0. The highest BCUT2D eigenvalue weighted by atomic mass is 35.5. The molecule has 0 aliphatic carbocycles. The molecule has 0 spiro atoms. The maximum Gasteiger partial charge on any atom is 0.0782 e. The number of unbranched alkanes of at least 4 members (excludes halogenated alkanes) is 24. The quantitative estimate of drug-likeness (QED) is 0.0421. The molecular weight excluding hydrogens is 506 g/mol. The van der Waals surface area contributed by atoms with Gasteiger partial charge in [-0.2, -0.15) is 0 Å². The van der Waals surface area contributed by atoms with E-state index in [1.54, 1.807) is 0 Å². The lowest BCUT2D eigenvalue weighted by atomic mass is 10.1. The minimum atomic E-state index is 0. The highest BCUT2D eigenvalue weighted by Gasteiger charge is 2.13. The molecule has 0 bridgehead atoms. The van der Waals surface area contributed by atoms with Crippen LogP contribution >= 0.6 is 0 Å². The molecule has 0 rings (SSSR count). The molecule has 0 unspecified atom stereocenters. The van der Waals surface area contributed by atoms with Crippen molar-refractivity contribution in [1.29, 1.82) is 0 Å². The molecule has 240 valence electrons. The van der Waals surface area contributed by atoms with Crippen LogP contribution < -0.4 is 12.4 Å². The van der Waals surface area contributed by atoms with Gasteiger partial charge in [0, 0.05) is 0 Å². The first-order chi connectivity index (χ1) is 19.1. The van der Waals surface area contributed by atoms with Crippen molar-refractivity contribution in [1.82, 2.24) is 0 Å². The number of allylic oxidation sites excluding steroid dienone is 4. The molecule has 0 amide bonds. The minimum Gasteiger partial charge on any atom is -1.00 e. The van der Waals surface area contributed by atoms with Gasteiger partial charge >= 0.3 is 0 Å². The molecule has 0 atom stereocenters. The second-order valence-electron chi connectivity index (χ2n) is 13.3. The molecule has 0 aliphatic heterocycles. The van der Waals surface area contributed by atoms with E-state index >= 15 is 0 Å². The number of nitrogens with zero attached hydrogens (tertiary/aromatic N) is 1. The van der Waals surface area contributed by atoms with Crippen LogP contribution in [0.1, 0.15) is 194 Å². The van der Waals surface area contributed by atoms with Crippen LogP contribution in [0, 0.1) is 0 Å². The number of halogens is 1. The van der Waals surface area contributed by atoms with E-state index in [4.69, 9.17) is 0 Å². The lowest BCUT2D eigenvalue weighted by Crippen LogP contribution is -3.00. The van der Waals surface area contributed by atoms with E-state index in [9.17, 15) is 0 Å². The molecule has 0 aromatic carbocycles. The van der Waals surface area contributed by atoms with Crippen LogP contribution in [0.15, 0.2) is 24.3 Å². The van der Waals surface area contributed by atoms with Crippen LogP contribution in [0.4, 0.5) is 0 Å². The van der Waals surface area contributed by atoms with E-state index in [1.807, 2.05) is 0 Å². The van der Waals surface area contributed by atoms with Crippen molar-refractivity contribution in [3.63, 3.8) is 0 Å². The fraction of sp³-hybridized carbons (Fsp3) is 0.895. The lowest BCUT2D eigenvalue weighted by molar-refractivity contribution is -0.890. The zero-order chi connectivity index (χ0) is 28.5. The topological polar surface area (TPSA) is 0 Å². The summed E-state index contributed by atoms with van der Waals surface area (Å²) in [5, 5.41) is 0. The molecule has 0 aliphatic rings. The smallest absolute Gasteiger partial charge is 0.0782 e. The first-order valence-corrected chi connectivity index (χ1v) is 18.2. The van der Waals surface area contributed by atoms with Crippen molar-refractivity contribution >= 4 is 0 Å². The number of quaternary nitrogens is 1. The van der Waals surface area contributed by atoms with E-state index < -0.39 is 0 Å². The van der Waals surface area contributed by atoms with Gasteiger partial charge in [-0.1, -0.05) is 141 Å². The van der Waals surface area contributed by atoms with Gasteiger partial charge in [0.15, 0.2) is 0 Å². The second kappa shape index (κ2) is 34.9. The van der Waals surface area contributed by atoms with Crippen LogP contribution in [0.2, 0.25) is 0 Å². The van der Waals surface area contributed by atoms with E-state index in [0.29, 0.717) is 0 Å². The Hall–Kier alpha value is -0.270. The monoisotopic (exact) mass is 582 g/mol. The highest BCUT2D eigenvalue weighted by molar-refractivity contribution is 4.82. The molecular formula is C38H76ClN. The first-order valence-electron chi connectivity index (χ1n) is 18.2. The molecule has 1 nitrogen and oxygen atoms in total. The number of rotatable bonds is 32. The van der Waals surface area contributed by atoms with Gasteiger partial charge in [-0.25, -0.2) is 0 Å². The molecule has 2 heteroatoms. The number of hydrogen-bond acceptors (Lipinski definition) is 0. The molecule has 0 N–H and O–H groups in total. The van der Waals surface area contributed by atoms with Crippen molar-refractivity contribution in [2.24, 2.45) is 0 Å². The second-order valence-corrected chi connectivity index (χ2v) is 13.3. The normalized spacial score (nSPS) is 12.1. The summed E-state index contributed by atoms with van der Waals surface area (Å²) in [5.74, 6) is 0. The van der Waals surface area contributed by atoms with Gasteiger partial charge in [-0.15, -0.1) is 0 Å². The third-order valence-corrected chi connectivity index (χ3v) is 8.55. The molecule has 0 aromatic heterocycles. The van der Waals surface area contributed by atoms with Gasteiger partial charge in [-0.3, -0.25) is 0 Å². The fourth-order valence-electron chi connectivity index (χ4n) is 5.69. The van der Waals surface area contributed by atoms with Crippen molar-refractivity contribution in [3.8, 4) is 0 Å². The summed E-state index contributed by atoms with van der Waals surface area (Å²) in [7, 11) is 4.91. The zero-order valence-corrected chi connectivity index (χ0v) is 29.1. The van der Waals surface area contributed by atoms with Crippen molar-refractivity contribution in [2.45, 2.75) is 194 Å². The largest absolute Gasteiger partial charge is 1.00 e. The van der Waals surface area contributed by atoms with Gasteiger partial charge in [0.25, 0.3) is 0 Å². The van der Waals surface area contributed by atoms with E-state index in [-0.39, 0.29) is 12.4 Å². The molecule has 0 heterocycles. The Kier molecular flexibility index (Phi) is 36.6. The Balaban J connectivity index is 0. The Morgan fingerprint density at radius 1 is 0.325 bits per heavy atom. The molecule has 0 aromatic rings. The molecule has 0 radical (unpaired) electrons. The minimum absolute atomic E-state index is 0. The summed E-state index contributed by atoms with van der Waals surface area (Å²) in [4.78, 5) is 0. The summed E-state index contributed by atoms with van der Waals surface area (Å²) < 4.78 is 1.23. The lowest BCUT2D eigenvalue weighted by Gasteiger charge is -2.30. The summed E-state index contributed by atoms with van der Waals surface area (Å²) in [5.41, 5.74) is 0. The Morgan fingerprint density at radius 3 is 0.825 bits per heavy atom. The van der Waals surface area contributed by atoms with E-state index in [1.165, 1.54) is 197 Å². The summed E-state index contributed by atoms with van der Waals surface area (Å²) in [6.45, 7) is 7.33. The molecule has 0 saturated carbocycles. The third-order valence-electron chi connectivity index (χ3n) is 8.55. The number of hydrogen-bond donors (Lipinski definition) is 0. The van der Waals surface area contributed by atoms with Gasteiger partial charge in [0.05, 0.1) is 27.2 Å². The summed E-state index contributed by atoms with van der Waals surface area (Å²) in [6.07, 6.45) is 49.0. The SMILES string of the molecule is CCCCCCCCC=CCCCCCCCC[N+](C)(C)CCCCCCCC/C=C\CCCCCCCC.[Cl-]. The Morgan fingerprint density at radius 2 is 0.550 bits per heavy atom. The maximum absolute atomic E-state index is 2.45. The van der Waals surface area contributed by atoms with Crippen LogP contribution in [-0.4, -0.2) is 31.7 Å². The predicted octanol–water partition coefficient (Wildman–Crippen LogP) is 10.1. The Bertz CT molecular complexity index is 466. The van der Waals surface area contributed by atoms with Crippen LogP contribution in [-0.2, 0) is 0 Å². The predicted molar refractivity (Wildman–Crippen MR) is 181 cm³/mol. The molecule has 40 heavy (non-hydrogen) atoms. The third kappa shape index (κ3) is 35.8. The van der Waals surface area contributed by atoms with Crippen LogP contribution in [0.3, 0.4) is 0 Å². The van der Waals surface area contributed by atoms with Crippen LogP contribution in [0.5, 0.6) is 0 Å². The molecule has 0 fully saturated rings. The highest BCUT2D eigenvalue weighted by Crippen LogP contribution is 2.14. The first kappa shape index (κ1) is 41.9. The van der Waals surface area contributed by atoms with Gasteiger partial charge < -0.3 is 16.9 Å². The standard InChI is InChI=1S/C38H76N.ClH/c1-5-7-9-11-13-15-17-19-21-23-25-27-29-31-33-35-37-39(3,4)38-36-34-32-30-28-26-24-22-20-18-16-14-12-10-8-6-2;/h19-22H,5-18,23-38H2,1-4H3;1H/q+1;/p-1/b21-19-,22-20?;. The van der Waals surface area contributed by atoms with Crippen molar-refractivity contribution < 1.29 is 16.9 Å². The average molecular weight is 582 g/mol. The average Bonchev–Trinajstić information content (AvgIpc) is 2.92. The fourth-order valence-corrected chi connectivity index (χ4v) is 5.69. The van der Waals surface area contributed by atoms with Crippen molar-refractivity contribution in [3.05, 3.63) is 24.3 Å².